The third-order valence-corrected chi connectivity index (χ3v) is 5.08. The molecule has 0 aliphatic rings. The van der Waals surface area contributed by atoms with E-state index in [9.17, 15) is 0 Å². The fraction of sp³-hybridized carbons (Fsp3) is 0. The van der Waals surface area contributed by atoms with Crippen LogP contribution in [0.4, 0.5) is 0 Å². The van der Waals surface area contributed by atoms with Crippen LogP contribution >= 0.6 is 11.6 Å². The van der Waals surface area contributed by atoms with Crippen molar-refractivity contribution in [1.29, 1.82) is 0 Å². The predicted molar refractivity (Wildman–Crippen MR) is 133 cm³/mol. The van der Waals surface area contributed by atoms with Crippen LogP contribution in [-0.2, 0) is 0 Å². The van der Waals surface area contributed by atoms with Gasteiger partial charge < -0.3 is 9.55 Å². The Morgan fingerprint density at radius 2 is 1.16 bits per heavy atom. The summed E-state index contributed by atoms with van der Waals surface area (Å²) in [7, 11) is 0. The van der Waals surface area contributed by atoms with E-state index in [-0.39, 0.29) is 0 Å². The van der Waals surface area contributed by atoms with E-state index < -0.39 is 0 Å². The number of nitrogens with one attached hydrogen (secondary N) is 1. The molecule has 0 bridgehead atoms. The minimum Gasteiger partial charge on any atom is -0.361 e. The number of hydrogen-bond donors (Lipinski definition) is 1. The highest BCUT2D eigenvalue weighted by Gasteiger charge is 2.00. The summed E-state index contributed by atoms with van der Waals surface area (Å²) < 4.78 is 2.20. The maximum absolute atomic E-state index is 5.54. The number of H-pyrrole nitrogens is 1. The monoisotopic (exact) mass is 422 g/mol. The van der Waals surface area contributed by atoms with Crippen LogP contribution in [0.25, 0.3) is 27.5 Å². The summed E-state index contributed by atoms with van der Waals surface area (Å²) >= 11 is 5.54. The van der Waals surface area contributed by atoms with Gasteiger partial charge in [0, 0.05) is 28.6 Å². The fourth-order valence-electron chi connectivity index (χ4n) is 3.31. The molecular weight excluding hydrogens is 400 g/mol. The number of aromatic amines is 1. The molecule has 2 heterocycles. The third-order valence-electron chi connectivity index (χ3n) is 4.83. The molecule has 152 valence electrons. The molecule has 0 amide bonds. The molecule has 6 rings (SSSR count). The minimum absolute atomic E-state index is 0.794. The van der Waals surface area contributed by atoms with Gasteiger partial charge in [-0.3, -0.25) is 0 Å². The van der Waals surface area contributed by atoms with Crippen molar-refractivity contribution in [3.8, 4) is 5.69 Å². The van der Waals surface area contributed by atoms with Gasteiger partial charge >= 0.3 is 0 Å². The summed E-state index contributed by atoms with van der Waals surface area (Å²) in [4.78, 5) is 3.12. The van der Waals surface area contributed by atoms with Crippen LogP contribution in [0.15, 0.2) is 134 Å². The van der Waals surface area contributed by atoms with Crippen LogP contribution in [0.5, 0.6) is 0 Å². The van der Waals surface area contributed by atoms with Crippen molar-refractivity contribution < 1.29 is 0 Å². The standard InChI is InChI=1S/C14H11N.C8H7N.C6H5Cl/c1-2-7-13(8-3-1)15-11-10-12-6-4-5-9-14(12)15;1-2-4-8-7(3-1)5-6-9-8;7-6-4-2-1-3-5-6/h1-11H;1-6,9H;1-5H. The number of benzene rings is 4. The maximum atomic E-state index is 5.54. The Hall–Kier alpha value is -3.75. The van der Waals surface area contributed by atoms with Crippen LogP contribution in [0.1, 0.15) is 0 Å². The smallest absolute Gasteiger partial charge is 0.0528 e. The SMILES string of the molecule is Clc1ccccc1.c1ccc(-n2ccc3ccccc32)cc1.c1ccc2[nH]ccc2c1. The predicted octanol–water partition coefficient (Wildman–Crippen LogP) is 8.14. The number of aromatic nitrogens is 2. The molecule has 3 heteroatoms. The van der Waals surface area contributed by atoms with E-state index in [1.807, 2.05) is 54.7 Å². The third kappa shape index (κ3) is 5.44. The summed E-state index contributed by atoms with van der Waals surface area (Å²) in [6.45, 7) is 0. The van der Waals surface area contributed by atoms with Gasteiger partial charge in [-0.1, -0.05) is 84.4 Å². The molecule has 0 spiro atoms. The zero-order valence-electron chi connectivity index (χ0n) is 17.0. The van der Waals surface area contributed by atoms with E-state index in [2.05, 4.69) is 88.5 Å². The minimum atomic E-state index is 0.794. The van der Waals surface area contributed by atoms with Gasteiger partial charge in [0.15, 0.2) is 0 Å². The second-order valence-corrected chi connectivity index (χ2v) is 7.38. The lowest BCUT2D eigenvalue weighted by Gasteiger charge is -2.04. The second kappa shape index (κ2) is 10.3. The topological polar surface area (TPSA) is 20.7 Å². The Labute approximate surface area is 187 Å². The molecule has 31 heavy (non-hydrogen) atoms. The summed E-state index contributed by atoms with van der Waals surface area (Å²) in [6, 6.07) is 40.7. The van der Waals surface area contributed by atoms with Gasteiger partial charge in [0.05, 0.1) is 5.52 Å². The summed E-state index contributed by atoms with van der Waals surface area (Å²) in [6.07, 6.45) is 4.06. The lowest BCUT2D eigenvalue weighted by molar-refractivity contribution is 1.13. The zero-order valence-corrected chi connectivity index (χ0v) is 17.8. The van der Waals surface area contributed by atoms with Gasteiger partial charge in [0.2, 0.25) is 0 Å². The average molecular weight is 423 g/mol. The van der Waals surface area contributed by atoms with Gasteiger partial charge in [-0.25, -0.2) is 0 Å². The molecule has 0 atom stereocenters. The molecule has 0 saturated carbocycles. The molecule has 1 N–H and O–H groups in total. The molecule has 0 radical (unpaired) electrons. The zero-order chi connectivity index (χ0) is 21.3. The molecule has 2 nitrogen and oxygen atoms in total. The van der Waals surface area contributed by atoms with E-state index in [4.69, 9.17) is 11.6 Å². The Balaban J connectivity index is 0.000000123. The van der Waals surface area contributed by atoms with Crippen molar-refractivity contribution in [2.24, 2.45) is 0 Å². The number of para-hydroxylation sites is 3. The fourth-order valence-corrected chi connectivity index (χ4v) is 3.45. The molecule has 0 fully saturated rings. The van der Waals surface area contributed by atoms with Gasteiger partial charge in [0.25, 0.3) is 0 Å². The first-order valence-electron chi connectivity index (χ1n) is 10.2. The van der Waals surface area contributed by atoms with Crippen LogP contribution in [0, 0.1) is 0 Å². The Kier molecular flexibility index (Phi) is 6.84. The number of halogens is 1. The molecule has 0 saturated heterocycles. The van der Waals surface area contributed by atoms with Crippen molar-refractivity contribution in [3.63, 3.8) is 0 Å². The van der Waals surface area contributed by atoms with Gasteiger partial charge in [-0.15, -0.1) is 0 Å². The highest BCUT2D eigenvalue weighted by molar-refractivity contribution is 6.30. The number of fused-ring (bicyclic) bond motifs is 2. The molecule has 2 aromatic heterocycles. The first-order valence-corrected chi connectivity index (χ1v) is 10.5. The summed E-state index contributed by atoms with van der Waals surface area (Å²) in [5, 5.41) is 3.35. The highest BCUT2D eigenvalue weighted by atomic mass is 35.5. The van der Waals surface area contributed by atoms with Crippen molar-refractivity contribution in [2.75, 3.05) is 0 Å². The summed E-state index contributed by atoms with van der Waals surface area (Å²) in [5.41, 5.74) is 3.67. The van der Waals surface area contributed by atoms with Crippen LogP contribution < -0.4 is 0 Å². The molecular formula is C28H23ClN2. The van der Waals surface area contributed by atoms with Crippen molar-refractivity contribution in [2.45, 2.75) is 0 Å². The van der Waals surface area contributed by atoms with Crippen molar-refractivity contribution >= 4 is 33.4 Å². The Bertz CT molecular complexity index is 1300. The normalized spacial score (nSPS) is 10.1. The largest absolute Gasteiger partial charge is 0.361 e. The molecule has 0 aliphatic heterocycles. The first kappa shape index (κ1) is 20.5. The van der Waals surface area contributed by atoms with Crippen molar-refractivity contribution in [1.82, 2.24) is 9.55 Å². The highest BCUT2D eigenvalue weighted by Crippen LogP contribution is 2.19. The molecule has 6 aromatic rings. The van der Waals surface area contributed by atoms with E-state index in [0.717, 1.165) is 5.02 Å². The van der Waals surface area contributed by atoms with E-state index in [0.29, 0.717) is 0 Å². The Morgan fingerprint density at radius 1 is 0.548 bits per heavy atom. The lowest BCUT2D eigenvalue weighted by Crippen LogP contribution is -1.89. The van der Waals surface area contributed by atoms with Gasteiger partial charge in [-0.05, 0) is 59.3 Å². The molecule has 0 aliphatic carbocycles. The number of hydrogen-bond acceptors (Lipinski definition) is 0. The molecule has 4 aromatic carbocycles. The Morgan fingerprint density at radius 3 is 1.84 bits per heavy atom. The summed E-state index contributed by atoms with van der Waals surface area (Å²) in [5.74, 6) is 0. The lowest BCUT2D eigenvalue weighted by atomic mass is 10.2. The van der Waals surface area contributed by atoms with Gasteiger partial charge in [-0.2, -0.15) is 0 Å². The maximum Gasteiger partial charge on any atom is 0.0528 e. The number of rotatable bonds is 1. The van der Waals surface area contributed by atoms with E-state index >= 15 is 0 Å². The van der Waals surface area contributed by atoms with Crippen LogP contribution in [-0.4, -0.2) is 9.55 Å². The number of nitrogens with zero attached hydrogens (tertiary/aromatic N) is 1. The average Bonchev–Trinajstić information content (AvgIpc) is 3.48. The van der Waals surface area contributed by atoms with E-state index in [1.165, 1.54) is 27.5 Å². The molecule has 0 unspecified atom stereocenters. The first-order chi connectivity index (χ1) is 15.3. The second-order valence-electron chi connectivity index (χ2n) is 6.94. The quantitative estimate of drug-likeness (QED) is 0.276. The van der Waals surface area contributed by atoms with E-state index in [1.54, 1.807) is 0 Å². The van der Waals surface area contributed by atoms with Crippen LogP contribution in [0.2, 0.25) is 5.02 Å². The van der Waals surface area contributed by atoms with Gasteiger partial charge in [0.1, 0.15) is 0 Å². The van der Waals surface area contributed by atoms with Crippen LogP contribution in [0.3, 0.4) is 0 Å². The van der Waals surface area contributed by atoms with Crippen molar-refractivity contribution in [3.05, 3.63) is 139 Å².